The van der Waals surface area contributed by atoms with Crippen LogP contribution in [0.15, 0.2) is 46.9 Å². The highest BCUT2D eigenvalue weighted by atomic mass is 79.9. The van der Waals surface area contributed by atoms with Crippen LogP contribution in [0.5, 0.6) is 5.75 Å². The fraction of sp³-hybridized carbons (Fsp3) is 0.333. The Morgan fingerprint density at radius 2 is 1.82 bits per heavy atom. The highest BCUT2D eigenvalue weighted by Gasteiger charge is 2.06. The van der Waals surface area contributed by atoms with Crippen molar-refractivity contribution in [2.24, 2.45) is 0 Å². The van der Waals surface area contributed by atoms with Gasteiger partial charge in [-0.2, -0.15) is 0 Å². The van der Waals surface area contributed by atoms with Gasteiger partial charge >= 0.3 is 0 Å². The molecule has 0 unspecified atom stereocenters. The van der Waals surface area contributed by atoms with E-state index in [1.54, 1.807) is 0 Å². The largest absolute Gasteiger partial charge is 0.489 e. The number of ether oxygens (including phenoxy) is 1. The Kier molecular flexibility index (Phi) is 6.74. The van der Waals surface area contributed by atoms with Crippen LogP contribution in [0.25, 0.3) is 0 Å². The summed E-state index contributed by atoms with van der Waals surface area (Å²) in [5, 5.41) is 0.760. The molecule has 0 aliphatic heterocycles. The van der Waals surface area contributed by atoms with E-state index in [4.69, 9.17) is 16.3 Å². The van der Waals surface area contributed by atoms with Crippen LogP contribution in [0.3, 0.4) is 0 Å². The van der Waals surface area contributed by atoms with Crippen molar-refractivity contribution >= 4 is 27.5 Å². The maximum atomic E-state index is 6.12. The van der Waals surface area contributed by atoms with E-state index in [1.807, 2.05) is 30.3 Å². The van der Waals surface area contributed by atoms with Crippen molar-refractivity contribution < 1.29 is 4.74 Å². The summed E-state index contributed by atoms with van der Waals surface area (Å²) in [5.74, 6) is 0.922. The number of hydrogen-bond acceptors (Lipinski definition) is 2. The van der Waals surface area contributed by atoms with E-state index >= 15 is 0 Å². The van der Waals surface area contributed by atoms with Crippen LogP contribution in [0.1, 0.15) is 17.5 Å². The molecule has 0 radical (unpaired) electrons. The van der Waals surface area contributed by atoms with Gasteiger partial charge < -0.3 is 9.64 Å². The first kappa shape index (κ1) is 17.3. The van der Waals surface area contributed by atoms with Crippen LogP contribution in [0.2, 0.25) is 5.02 Å². The Morgan fingerprint density at radius 3 is 2.50 bits per heavy atom. The molecule has 0 amide bonds. The summed E-state index contributed by atoms with van der Waals surface area (Å²) in [6, 6.07) is 14.0. The van der Waals surface area contributed by atoms with Gasteiger partial charge in [-0.05, 0) is 74.9 Å². The van der Waals surface area contributed by atoms with Crippen molar-refractivity contribution in [3.8, 4) is 5.75 Å². The van der Waals surface area contributed by atoms with E-state index in [0.717, 1.165) is 40.2 Å². The summed E-state index contributed by atoms with van der Waals surface area (Å²) in [5.41, 5.74) is 2.32. The van der Waals surface area contributed by atoms with Gasteiger partial charge in [-0.3, -0.25) is 0 Å². The van der Waals surface area contributed by atoms with Gasteiger partial charge in [-0.1, -0.05) is 39.7 Å². The smallest absolute Gasteiger partial charge is 0.123 e. The van der Waals surface area contributed by atoms with E-state index in [0.29, 0.717) is 6.61 Å². The Bertz CT molecular complexity index is 599. The van der Waals surface area contributed by atoms with Crippen LogP contribution in [-0.2, 0) is 13.0 Å². The van der Waals surface area contributed by atoms with Crippen LogP contribution in [0.4, 0.5) is 0 Å². The second-order valence-electron chi connectivity index (χ2n) is 5.57. The number of nitrogens with zero attached hydrogens (tertiary/aromatic N) is 1. The Labute approximate surface area is 146 Å². The molecule has 0 fully saturated rings. The van der Waals surface area contributed by atoms with Crippen molar-refractivity contribution in [2.45, 2.75) is 19.4 Å². The van der Waals surface area contributed by atoms with Crippen LogP contribution < -0.4 is 4.74 Å². The fourth-order valence-electron chi connectivity index (χ4n) is 2.21. The molecule has 118 valence electrons. The van der Waals surface area contributed by atoms with Crippen LogP contribution >= 0.6 is 27.5 Å². The lowest BCUT2D eigenvalue weighted by Crippen LogP contribution is -2.13. The molecule has 2 rings (SSSR count). The van der Waals surface area contributed by atoms with Gasteiger partial charge in [0.1, 0.15) is 12.4 Å². The standard InChI is InChI=1S/C18H21BrClNO/c1-21(2)11-3-4-15-12-17(20)9-10-18(15)22-13-14-5-7-16(19)8-6-14/h5-10,12H,3-4,11,13H2,1-2H3. The average Bonchev–Trinajstić information content (AvgIpc) is 2.48. The summed E-state index contributed by atoms with van der Waals surface area (Å²) in [7, 11) is 4.17. The first-order chi connectivity index (χ1) is 10.5. The lowest BCUT2D eigenvalue weighted by atomic mass is 10.1. The molecular formula is C18H21BrClNO. The molecule has 2 nitrogen and oxygen atoms in total. The van der Waals surface area contributed by atoms with E-state index in [1.165, 1.54) is 5.56 Å². The molecule has 4 heteroatoms. The van der Waals surface area contributed by atoms with Crippen LogP contribution in [0, 0.1) is 0 Å². The van der Waals surface area contributed by atoms with Crippen molar-refractivity contribution in [3.63, 3.8) is 0 Å². The third kappa shape index (κ3) is 5.64. The third-order valence-electron chi connectivity index (χ3n) is 3.38. The van der Waals surface area contributed by atoms with E-state index in [9.17, 15) is 0 Å². The molecule has 0 aliphatic carbocycles. The number of rotatable bonds is 7. The fourth-order valence-corrected chi connectivity index (χ4v) is 2.67. The highest BCUT2D eigenvalue weighted by molar-refractivity contribution is 9.10. The number of aryl methyl sites for hydroxylation is 1. The number of hydrogen-bond donors (Lipinski definition) is 0. The molecule has 0 bridgehead atoms. The number of halogens is 2. The maximum absolute atomic E-state index is 6.12. The topological polar surface area (TPSA) is 12.5 Å². The average molecular weight is 383 g/mol. The predicted molar refractivity (Wildman–Crippen MR) is 96.8 cm³/mol. The summed E-state index contributed by atoms with van der Waals surface area (Å²) >= 11 is 9.56. The normalized spacial score (nSPS) is 11.0. The van der Waals surface area contributed by atoms with Gasteiger partial charge in [0.15, 0.2) is 0 Å². The van der Waals surface area contributed by atoms with Gasteiger partial charge in [0.25, 0.3) is 0 Å². The summed E-state index contributed by atoms with van der Waals surface area (Å²) in [6.45, 7) is 1.62. The zero-order chi connectivity index (χ0) is 15.9. The monoisotopic (exact) mass is 381 g/mol. The Morgan fingerprint density at radius 1 is 1.09 bits per heavy atom. The van der Waals surface area contributed by atoms with Crippen molar-refractivity contribution in [3.05, 3.63) is 63.1 Å². The highest BCUT2D eigenvalue weighted by Crippen LogP contribution is 2.25. The molecule has 0 aromatic heterocycles. The van der Waals surface area contributed by atoms with Crippen molar-refractivity contribution in [1.29, 1.82) is 0 Å². The van der Waals surface area contributed by atoms with Crippen molar-refractivity contribution in [2.75, 3.05) is 20.6 Å². The zero-order valence-corrected chi connectivity index (χ0v) is 15.3. The van der Waals surface area contributed by atoms with Gasteiger partial charge in [0.2, 0.25) is 0 Å². The third-order valence-corrected chi connectivity index (χ3v) is 4.15. The summed E-state index contributed by atoms with van der Waals surface area (Å²) < 4.78 is 7.06. The summed E-state index contributed by atoms with van der Waals surface area (Å²) in [4.78, 5) is 2.19. The van der Waals surface area contributed by atoms with Crippen molar-refractivity contribution in [1.82, 2.24) is 4.90 Å². The van der Waals surface area contributed by atoms with Gasteiger partial charge in [-0.15, -0.1) is 0 Å². The van der Waals surface area contributed by atoms with Gasteiger partial charge in [-0.25, -0.2) is 0 Å². The van der Waals surface area contributed by atoms with Gasteiger partial charge in [0.05, 0.1) is 0 Å². The minimum Gasteiger partial charge on any atom is -0.489 e. The minimum absolute atomic E-state index is 0.565. The molecular weight excluding hydrogens is 362 g/mol. The molecule has 0 saturated heterocycles. The lowest BCUT2D eigenvalue weighted by molar-refractivity contribution is 0.302. The van der Waals surface area contributed by atoms with E-state index < -0.39 is 0 Å². The molecule has 0 atom stereocenters. The molecule has 0 N–H and O–H groups in total. The molecule has 2 aromatic rings. The number of benzene rings is 2. The molecule has 0 heterocycles. The summed E-state index contributed by atoms with van der Waals surface area (Å²) in [6.07, 6.45) is 2.05. The predicted octanol–water partition coefficient (Wildman–Crippen LogP) is 5.18. The zero-order valence-electron chi connectivity index (χ0n) is 13.0. The Hall–Kier alpha value is -1.03. The quantitative estimate of drug-likeness (QED) is 0.654. The Balaban J connectivity index is 2.01. The van der Waals surface area contributed by atoms with Crippen LogP contribution in [-0.4, -0.2) is 25.5 Å². The SMILES string of the molecule is CN(C)CCCc1cc(Cl)ccc1OCc1ccc(Br)cc1. The van der Waals surface area contributed by atoms with E-state index in [2.05, 4.69) is 47.1 Å². The lowest BCUT2D eigenvalue weighted by Gasteiger charge is -2.14. The minimum atomic E-state index is 0.565. The molecule has 22 heavy (non-hydrogen) atoms. The first-order valence-electron chi connectivity index (χ1n) is 7.35. The second kappa shape index (κ2) is 8.56. The first-order valence-corrected chi connectivity index (χ1v) is 8.52. The van der Waals surface area contributed by atoms with Gasteiger partial charge in [0, 0.05) is 9.50 Å². The molecule has 0 aliphatic rings. The van der Waals surface area contributed by atoms with E-state index in [-0.39, 0.29) is 0 Å². The molecule has 0 saturated carbocycles. The molecule has 2 aromatic carbocycles. The molecule has 0 spiro atoms. The maximum Gasteiger partial charge on any atom is 0.123 e. The second-order valence-corrected chi connectivity index (χ2v) is 6.93.